The molecule has 0 aliphatic heterocycles. The van der Waals surface area contributed by atoms with Crippen LogP contribution in [-0.2, 0) is 6.42 Å². The molecule has 0 bridgehead atoms. The summed E-state index contributed by atoms with van der Waals surface area (Å²) in [5, 5.41) is 6.83. The number of nitrogens with zero attached hydrogens (tertiary/aromatic N) is 1. The lowest BCUT2D eigenvalue weighted by Crippen LogP contribution is -2.27. The van der Waals surface area contributed by atoms with E-state index in [0.29, 0.717) is 6.04 Å². The van der Waals surface area contributed by atoms with Crippen LogP contribution in [0.5, 0.6) is 5.75 Å². The molecule has 22 heavy (non-hydrogen) atoms. The van der Waals surface area contributed by atoms with Crippen LogP contribution in [0.15, 0.2) is 29.6 Å². The Morgan fingerprint density at radius 3 is 2.55 bits per heavy atom. The van der Waals surface area contributed by atoms with Crippen molar-refractivity contribution in [2.45, 2.75) is 52.7 Å². The van der Waals surface area contributed by atoms with Crippen LogP contribution < -0.4 is 10.1 Å². The topological polar surface area (TPSA) is 34.2 Å². The van der Waals surface area contributed by atoms with Gasteiger partial charge in [0.2, 0.25) is 0 Å². The number of hydrogen-bond donors (Lipinski definition) is 1. The van der Waals surface area contributed by atoms with Crippen molar-refractivity contribution >= 4 is 11.3 Å². The number of nitrogens with one attached hydrogen (secondary N) is 1. The summed E-state index contributed by atoms with van der Waals surface area (Å²) >= 11 is 1.74. The molecule has 1 atom stereocenters. The van der Waals surface area contributed by atoms with Crippen LogP contribution in [0.2, 0.25) is 0 Å². The molecule has 0 aliphatic rings. The molecule has 3 nitrogen and oxygen atoms in total. The summed E-state index contributed by atoms with van der Waals surface area (Å²) in [7, 11) is 0. The number of benzene rings is 1. The van der Waals surface area contributed by atoms with Gasteiger partial charge in [0.15, 0.2) is 0 Å². The molecule has 1 aromatic heterocycles. The Morgan fingerprint density at radius 1 is 1.18 bits per heavy atom. The normalized spacial score (nSPS) is 12.6. The summed E-state index contributed by atoms with van der Waals surface area (Å²) in [4.78, 5) is 4.73. The Hall–Kier alpha value is -1.39. The number of rotatable bonds is 8. The van der Waals surface area contributed by atoms with Gasteiger partial charge < -0.3 is 10.1 Å². The highest BCUT2D eigenvalue weighted by Gasteiger charge is 2.06. The molecule has 1 aromatic carbocycles. The zero-order chi connectivity index (χ0) is 15.9. The summed E-state index contributed by atoms with van der Waals surface area (Å²) in [6.07, 6.45) is 2.35. The fraction of sp³-hybridized carbons (Fsp3) is 0.500. The van der Waals surface area contributed by atoms with E-state index in [-0.39, 0.29) is 6.10 Å². The lowest BCUT2D eigenvalue weighted by Gasteiger charge is -2.09. The molecule has 0 fully saturated rings. The van der Waals surface area contributed by atoms with Crippen molar-refractivity contribution in [2.75, 3.05) is 6.54 Å². The molecule has 0 spiro atoms. The van der Waals surface area contributed by atoms with Gasteiger partial charge in [0.1, 0.15) is 5.75 Å². The van der Waals surface area contributed by atoms with Gasteiger partial charge in [-0.1, -0.05) is 6.92 Å². The summed E-state index contributed by atoms with van der Waals surface area (Å²) in [6, 6.07) is 8.76. The van der Waals surface area contributed by atoms with E-state index in [4.69, 9.17) is 9.72 Å². The number of hydrogen-bond acceptors (Lipinski definition) is 4. The quantitative estimate of drug-likeness (QED) is 0.776. The second kappa shape index (κ2) is 8.30. The van der Waals surface area contributed by atoms with Crippen LogP contribution >= 0.6 is 11.3 Å². The Bertz CT molecular complexity index is 563. The lowest BCUT2D eigenvalue weighted by molar-refractivity contribution is 0.242. The molecular formula is C18H26N2OS. The number of aromatic nitrogens is 1. The van der Waals surface area contributed by atoms with E-state index < -0.39 is 0 Å². The van der Waals surface area contributed by atoms with Gasteiger partial charge >= 0.3 is 0 Å². The Balaban J connectivity index is 1.93. The Labute approximate surface area is 137 Å². The molecule has 4 heteroatoms. The van der Waals surface area contributed by atoms with Gasteiger partial charge in [0, 0.05) is 30.0 Å². The van der Waals surface area contributed by atoms with Crippen molar-refractivity contribution in [2.24, 2.45) is 0 Å². The molecule has 0 saturated carbocycles. The van der Waals surface area contributed by atoms with E-state index in [1.165, 1.54) is 5.01 Å². The summed E-state index contributed by atoms with van der Waals surface area (Å²) in [5.74, 6) is 0.909. The average molecular weight is 318 g/mol. The van der Waals surface area contributed by atoms with Crippen LogP contribution in [-0.4, -0.2) is 23.7 Å². The van der Waals surface area contributed by atoms with Crippen molar-refractivity contribution in [3.05, 3.63) is 34.7 Å². The molecule has 1 heterocycles. The molecular weight excluding hydrogens is 292 g/mol. The molecule has 0 saturated heterocycles. The molecule has 0 aliphatic carbocycles. The molecule has 120 valence electrons. The van der Waals surface area contributed by atoms with Gasteiger partial charge in [-0.3, -0.25) is 0 Å². The summed E-state index contributed by atoms with van der Waals surface area (Å²) in [5.41, 5.74) is 2.20. The fourth-order valence-electron chi connectivity index (χ4n) is 2.10. The van der Waals surface area contributed by atoms with E-state index in [9.17, 15) is 0 Å². The van der Waals surface area contributed by atoms with Gasteiger partial charge in [0.05, 0.1) is 16.8 Å². The zero-order valence-electron chi connectivity index (χ0n) is 13.9. The summed E-state index contributed by atoms with van der Waals surface area (Å²) in [6.45, 7) is 9.48. The van der Waals surface area contributed by atoms with E-state index in [0.717, 1.165) is 36.4 Å². The van der Waals surface area contributed by atoms with E-state index in [1.807, 2.05) is 26.0 Å². The second-order valence-electron chi connectivity index (χ2n) is 5.83. The van der Waals surface area contributed by atoms with Gasteiger partial charge in [-0.05, 0) is 51.5 Å². The first kappa shape index (κ1) is 17.0. The largest absolute Gasteiger partial charge is 0.491 e. The summed E-state index contributed by atoms with van der Waals surface area (Å²) < 4.78 is 5.67. The maximum absolute atomic E-state index is 5.67. The standard InChI is InChI=1S/C18H26N2OS/c1-5-14(4)19-11-10-18-20-17(12-22-18)15-6-8-16(9-7-15)21-13(2)3/h6-9,12-14,19H,5,10-11H2,1-4H3. The molecule has 0 radical (unpaired) electrons. The van der Waals surface area contributed by atoms with Crippen molar-refractivity contribution in [3.8, 4) is 17.0 Å². The van der Waals surface area contributed by atoms with E-state index in [2.05, 4.69) is 36.7 Å². The van der Waals surface area contributed by atoms with Crippen molar-refractivity contribution in [1.29, 1.82) is 0 Å². The smallest absolute Gasteiger partial charge is 0.119 e. The monoisotopic (exact) mass is 318 g/mol. The first-order chi connectivity index (χ1) is 10.6. The van der Waals surface area contributed by atoms with Gasteiger partial charge in [0.25, 0.3) is 0 Å². The van der Waals surface area contributed by atoms with Gasteiger partial charge in [-0.25, -0.2) is 4.98 Å². The highest BCUT2D eigenvalue weighted by atomic mass is 32.1. The van der Waals surface area contributed by atoms with Crippen LogP contribution in [0, 0.1) is 0 Å². The van der Waals surface area contributed by atoms with Crippen LogP contribution in [0.4, 0.5) is 0 Å². The van der Waals surface area contributed by atoms with Crippen LogP contribution in [0.3, 0.4) is 0 Å². The number of thiazole rings is 1. The number of ether oxygens (including phenoxy) is 1. The maximum atomic E-state index is 5.67. The third kappa shape index (κ3) is 5.11. The third-order valence-corrected chi connectivity index (χ3v) is 4.43. The third-order valence-electron chi connectivity index (χ3n) is 3.52. The first-order valence-electron chi connectivity index (χ1n) is 8.03. The molecule has 2 rings (SSSR count). The van der Waals surface area contributed by atoms with Crippen LogP contribution in [0.1, 0.15) is 39.1 Å². The van der Waals surface area contributed by atoms with Crippen molar-refractivity contribution < 1.29 is 4.74 Å². The minimum absolute atomic E-state index is 0.203. The molecule has 2 aromatic rings. The lowest BCUT2D eigenvalue weighted by atomic mass is 10.2. The zero-order valence-corrected chi connectivity index (χ0v) is 14.7. The van der Waals surface area contributed by atoms with Gasteiger partial charge in [-0.15, -0.1) is 11.3 Å². The first-order valence-corrected chi connectivity index (χ1v) is 8.91. The highest BCUT2D eigenvalue weighted by molar-refractivity contribution is 7.09. The second-order valence-corrected chi connectivity index (χ2v) is 6.77. The van der Waals surface area contributed by atoms with E-state index in [1.54, 1.807) is 11.3 Å². The van der Waals surface area contributed by atoms with E-state index >= 15 is 0 Å². The fourth-order valence-corrected chi connectivity index (χ4v) is 2.91. The SMILES string of the molecule is CCC(C)NCCc1nc(-c2ccc(OC(C)C)cc2)cs1. The molecule has 1 N–H and O–H groups in total. The van der Waals surface area contributed by atoms with Gasteiger partial charge in [-0.2, -0.15) is 0 Å². The van der Waals surface area contributed by atoms with Crippen molar-refractivity contribution in [1.82, 2.24) is 10.3 Å². The predicted molar refractivity (Wildman–Crippen MR) is 94.8 cm³/mol. The minimum atomic E-state index is 0.203. The minimum Gasteiger partial charge on any atom is -0.491 e. The Kier molecular flexibility index (Phi) is 6.40. The highest BCUT2D eigenvalue weighted by Crippen LogP contribution is 2.24. The van der Waals surface area contributed by atoms with Crippen molar-refractivity contribution in [3.63, 3.8) is 0 Å². The molecule has 1 unspecified atom stereocenters. The maximum Gasteiger partial charge on any atom is 0.119 e. The average Bonchev–Trinajstić information content (AvgIpc) is 2.96. The molecule has 0 amide bonds. The van der Waals surface area contributed by atoms with Crippen LogP contribution in [0.25, 0.3) is 11.3 Å². The Morgan fingerprint density at radius 2 is 1.91 bits per heavy atom. The predicted octanol–water partition coefficient (Wildman–Crippen LogP) is 4.53.